The number of piperidine rings is 1. The first-order valence-electron chi connectivity index (χ1n) is 10.2. The number of methoxy groups -OCH3 is 3. The zero-order chi connectivity index (χ0) is 22.7. The highest BCUT2D eigenvalue weighted by Crippen LogP contribution is 2.35. The average molecular weight is 460 g/mol. The van der Waals surface area contributed by atoms with E-state index in [1.807, 2.05) is 24.3 Å². The molecule has 170 valence electrons. The van der Waals surface area contributed by atoms with Crippen molar-refractivity contribution in [2.45, 2.75) is 23.7 Å². The molecule has 4 rings (SSSR count). The first kappa shape index (κ1) is 22.1. The molecule has 2 heterocycles. The van der Waals surface area contributed by atoms with Crippen molar-refractivity contribution in [3.05, 3.63) is 48.4 Å². The van der Waals surface area contributed by atoms with E-state index in [-0.39, 0.29) is 23.1 Å². The van der Waals surface area contributed by atoms with E-state index < -0.39 is 10.0 Å². The molecule has 1 aromatic heterocycles. The van der Waals surface area contributed by atoms with Gasteiger partial charge in [0, 0.05) is 24.7 Å². The van der Waals surface area contributed by atoms with Gasteiger partial charge in [0.25, 0.3) is 0 Å². The molecule has 1 saturated heterocycles. The topological polar surface area (TPSA) is 104 Å². The van der Waals surface area contributed by atoms with E-state index in [9.17, 15) is 8.42 Å². The second kappa shape index (κ2) is 9.17. The van der Waals surface area contributed by atoms with Crippen LogP contribution in [0.3, 0.4) is 0 Å². The third kappa shape index (κ3) is 4.28. The SMILES string of the molecule is COc1cccc(-c2nnc([C@H]3CCCN(S(=O)(=O)c4cc(OC)ccc4OC)C3)o2)c1. The minimum atomic E-state index is -3.81. The summed E-state index contributed by atoms with van der Waals surface area (Å²) in [6.45, 7) is 0.637. The van der Waals surface area contributed by atoms with E-state index in [1.165, 1.54) is 24.6 Å². The molecule has 32 heavy (non-hydrogen) atoms. The number of hydrogen-bond acceptors (Lipinski definition) is 8. The van der Waals surface area contributed by atoms with Gasteiger partial charge in [-0.25, -0.2) is 8.42 Å². The van der Waals surface area contributed by atoms with Gasteiger partial charge in [-0.15, -0.1) is 10.2 Å². The second-order valence-electron chi connectivity index (χ2n) is 7.40. The summed E-state index contributed by atoms with van der Waals surface area (Å²) in [6, 6.07) is 12.1. The van der Waals surface area contributed by atoms with Crippen LogP contribution in [-0.4, -0.2) is 57.3 Å². The van der Waals surface area contributed by atoms with Gasteiger partial charge in [0.15, 0.2) is 0 Å². The largest absolute Gasteiger partial charge is 0.497 e. The summed E-state index contributed by atoms with van der Waals surface area (Å²) < 4.78 is 49.9. The van der Waals surface area contributed by atoms with Gasteiger partial charge in [0.2, 0.25) is 21.8 Å². The average Bonchev–Trinajstić information content (AvgIpc) is 3.34. The van der Waals surface area contributed by atoms with Crippen LogP contribution < -0.4 is 14.2 Å². The van der Waals surface area contributed by atoms with E-state index >= 15 is 0 Å². The van der Waals surface area contributed by atoms with Gasteiger partial charge in [0.05, 0.1) is 27.2 Å². The van der Waals surface area contributed by atoms with Crippen LogP contribution in [0, 0.1) is 0 Å². The van der Waals surface area contributed by atoms with Crippen LogP contribution in [0.5, 0.6) is 17.2 Å². The smallest absolute Gasteiger partial charge is 0.247 e. The molecule has 0 saturated carbocycles. The van der Waals surface area contributed by atoms with Crippen molar-refractivity contribution in [1.29, 1.82) is 0 Å². The Morgan fingerprint density at radius 1 is 1.00 bits per heavy atom. The molecular formula is C22H25N3O6S. The minimum Gasteiger partial charge on any atom is -0.497 e. The predicted molar refractivity (Wildman–Crippen MR) is 117 cm³/mol. The van der Waals surface area contributed by atoms with Gasteiger partial charge in [-0.1, -0.05) is 6.07 Å². The van der Waals surface area contributed by atoms with Crippen LogP contribution in [0.1, 0.15) is 24.7 Å². The van der Waals surface area contributed by atoms with Crippen LogP contribution in [0.15, 0.2) is 51.8 Å². The van der Waals surface area contributed by atoms with Crippen molar-refractivity contribution in [2.24, 2.45) is 0 Å². The van der Waals surface area contributed by atoms with Crippen molar-refractivity contribution in [3.8, 4) is 28.7 Å². The lowest BCUT2D eigenvalue weighted by Gasteiger charge is -2.30. The Kier molecular flexibility index (Phi) is 6.33. The monoisotopic (exact) mass is 459 g/mol. The van der Waals surface area contributed by atoms with Crippen LogP contribution >= 0.6 is 0 Å². The Labute approximate surface area is 187 Å². The predicted octanol–water partition coefficient (Wildman–Crippen LogP) is 3.33. The molecule has 3 aromatic rings. The number of sulfonamides is 1. The molecule has 1 aliphatic heterocycles. The highest BCUT2D eigenvalue weighted by atomic mass is 32.2. The fourth-order valence-electron chi connectivity index (χ4n) is 3.76. The molecule has 10 heteroatoms. The van der Waals surface area contributed by atoms with E-state index in [0.717, 1.165) is 12.0 Å². The maximum Gasteiger partial charge on any atom is 0.247 e. The van der Waals surface area contributed by atoms with Gasteiger partial charge < -0.3 is 18.6 Å². The highest BCUT2D eigenvalue weighted by Gasteiger charge is 2.35. The summed E-state index contributed by atoms with van der Waals surface area (Å²) in [7, 11) is 0.713. The summed E-state index contributed by atoms with van der Waals surface area (Å²) in [4.78, 5) is 0.0719. The fraction of sp³-hybridized carbons (Fsp3) is 0.364. The van der Waals surface area contributed by atoms with Crippen molar-refractivity contribution < 1.29 is 27.0 Å². The maximum atomic E-state index is 13.4. The van der Waals surface area contributed by atoms with Gasteiger partial charge >= 0.3 is 0 Å². The molecule has 0 N–H and O–H groups in total. The van der Waals surface area contributed by atoms with E-state index in [4.69, 9.17) is 18.6 Å². The molecule has 0 radical (unpaired) electrons. The molecule has 0 aliphatic carbocycles. The van der Waals surface area contributed by atoms with Gasteiger partial charge in [0.1, 0.15) is 22.1 Å². The Morgan fingerprint density at radius 3 is 2.53 bits per heavy atom. The van der Waals surface area contributed by atoms with E-state index in [0.29, 0.717) is 36.2 Å². The minimum absolute atomic E-state index is 0.0719. The number of ether oxygens (including phenoxy) is 3. The molecule has 1 fully saturated rings. The number of nitrogens with zero attached hydrogens (tertiary/aromatic N) is 3. The highest BCUT2D eigenvalue weighted by molar-refractivity contribution is 7.89. The van der Waals surface area contributed by atoms with E-state index in [1.54, 1.807) is 19.2 Å². The molecule has 0 amide bonds. The van der Waals surface area contributed by atoms with Crippen LogP contribution in [0.4, 0.5) is 0 Å². The fourth-order valence-corrected chi connectivity index (χ4v) is 5.45. The Hall–Kier alpha value is -3.11. The van der Waals surface area contributed by atoms with Crippen molar-refractivity contribution in [2.75, 3.05) is 34.4 Å². The standard InChI is InChI=1S/C22H25N3O6S/c1-28-17-8-4-6-15(12-17)21-23-24-22(31-21)16-7-5-11-25(14-16)32(26,27)20-13-18(29-2)9-10-19(20)30-3/h4,6,8-10,12-13,16H,5,7,11,14H2,1-3H3/t16-/m0/s1. The summed E-state index contributed by atoms with van der Waals surface area (Å²) in [5.74, 6) is 1.98. The lowest BCUT2D eigenvalue weighted by molar-refractivity contribution is 0.285. The van der Waals surface area contributed by atoms with Gasteiger partial charge in [-0.2, -0.15) is 4.31 Å². The molecule has 1 atom stereocenters. The van der Waals surface area contributed by atoms with Crippen LogP contribution in [-0.2, 0) is 10.0 Å². The van der Waals surface area contributed by atoms with Crippen LogP contribution in [0.2, 0.25) is 0 Å². The number of hydrogen-bond donors (Lipinski definition) is 0. The zero-order valence-corrected chi connectivity index (χ0v) is 19.0. The third-order valence-electron chi connectivity index (χ3n) is 5.48. The Balaban J connectivity index is 1.58. The molecule has 0 spiro atoms. The summed E-state index contributed by atoms with van der Waals surface area (Å²) in [6.07, 6.45) is 1.42. The number of rotatable bonds is 7. The second-order valence-corrected chi connectivity index (χ2v) is 9.30. The quantitative estimate of drug-likeness (QED) is 0.530. The van der Waals surface area contributed by atoms with E-state index in [2.05, 4.69) is 10.2 Å². The molecule has 0 bridgehead atoms. The number of aromatic nitrogens is 2. The maximum absolute atomic E-state index is 13.4. The van der Waals surface area contributed by atoms with Crippen molar-refractivity contribution in [1.82, 2.24) is 14.5 Å². The third-order valence-corrected chi connectivity index (χ3v) is 7.37. The molecule has 9 nitrogen and oxygen atoms in total. The molecule has 1 aliphatic rings. The van der Waals surface area contributed by atoms with Crippen molar-refractivity contribution in [3.63, 3.8) is 0 Å². The summed E-state index contributed by atoms with van der Waals surface area (Å²) in [5.41, 5.74) is 0.740. The summed E-state index contributed by atoms with van der Waals surface area (Å²) in [5, 5.41) is 8.35. The first-order valence-corrected chi connectivity index (χ1v) is 11.6. The lowest BCUT2D eigenvalue weighted by Crippen LogP contribution is -2.39. The van der Waals surface area contributed by atoms with Gasteiger partial charge in [-0.05, 0) is 43.2 Å². The number of benzene rings is 2. The molecular weight excluding hydrogens is 434 g/mol. The first-order chi connectivity index (χ1) is 15.5. The lowest BCUT2D eigenvalue weighted by atomic mass is 10.00. The molecule has 2 aromatic carbocycles. The molecule has 0 unspecified atom stereocenters. The summed E-state index contributed by atoms with van der Waals surface area (Å²) >= 11 is 0. The Bertz CT molecular complexity index is 1190. The van der Waals surface area contributed by atoms with Gasteiger partial charge in [-0.3, -0.25) is 0 Å². The Morgan fingerprint density at radius 2 is 1.78 bits per heavy atom. The zero-order valence-electron chi connectivity index (χ0n) is 18.1. The van der Waals surface area contributed by atoms with Crippen LogP contribution in [0.25, 0.3) is 11.5 Å². The van der Waals surface area contributed by atoms with Crippen molar-refractivity contribution >= 4 is 10.0 Å². The normalized spacial score (nSPS) is 17.2.